The molecule has 0 fully saturated rings. The zero-order chi connectivity index (χ0) is 15.9. The van der Waals surface area contributed by atoms with Crippen molar-refractivity contribution in [1.29, 1.82) is 0 Å². The van der Waals surface area contributed by atoms with Crippen LogP contribution in [0.15, 0.2) is 34.9 Å². The average molecular weight is 306 g/mol. The van der Waals surface area contributed by atoms with E-state index in [0.717, 1.165) is 0 Å². The predicted octanol–water partition coefficient (Wildman–Crippen LogP) is 2.30. The van der Waals surface area contributed by atoms with E-state index in [1.165, 1.54) is 12.3 Å². The summed E-state index contributed by atoms with van der Waals surface area (Å²) in [6.07, 6.45) is 2.54. The highest BCUT2D eigenvalue weighted by Crippen LogP contribution is 2.23. The van der Waals surface area contributed by atoms with Crippen molar-refractivity contribution >= 4 is 5.91 Å². The third kappa shape index (κ3) is 4.39. The Morgan fingerprint density at radius 2 is 2.23 bits per heavy atom. The van der Waals surface area contributed by atoms with E-state index in [0.29, 0.717) is 30.1 Å². The van der Waals surface area contributed by atoms with Gasteiger partial charge in [0.05, 0.1) is 11.8 Å². The number of amides is 1. The summed E-state index contributed by atoms with van der Waals surface area (Å²) in [6, 6.07) is 6.22. The first-order chi connectivity index (χ1) is 10.6. The number of aliphatic hydroxyl groups excluding tert-OH is 1. The van der Waals surface area contributed by atoms with Gasteiger partial charge in [-0.15, -0.1) is 0 Å². The largest absolute Gasteiger partial charge is 0.441 e. The van der Waals surface area contributed by atoms with Gasteiger partial charge in [-0.2, -0.15) is 0 Å². The van der Waals surface area contributed by atoms with E-state index in [4.69, 9.17) is 9.52 Å². The highest BCUT2D eigenvalue weighted by Gasteiger charge is 2.12. The quantitative estimate of drug-likeness (QED) is 0.823. The second-order valence-electron chi connectivity index (χ2n) is 5.08. The summed E-state index contributed by atoms with van der Waals surface area (Å²) in [6.45, 7) is 1.86. The summed E-state index contributed by atoms with van der Waals surface area (Å²) in [5, 5.41) is 11.6. The Balaban J connectivity index is 1.90. The fourth-order valence-electron chi connectivity index (χ4n) is 2.04. The molecule has 0 radical (unpaired) electrons. The molecule has 1 aromatic carbocycles. The van der Waals surface area contributed by atoms with E-state index in [2.05, 4.69) is 10.3 Å². The summed E-state index contributed by atoms with van der Waals surface area (Å²) in [4.78, 5) is 15.8. The molecule has 118 valence electrons. The topological polar surface area (TPSA) is 75.4 Å². The van der Waals surface area contributed by atoms with Crippen molar-refractivity contribution in [1.82, 2.24) is 10.3 Å². The Bertz CT molecular complexity index is 627. The Morgan fingerprint density at radius 1 is 1.45 bits per heavy atom. The summed E-state index contributed by atoms with van der Waals surface area (Å²) < 4.78 is 19.1. The molecule has 2 aromatic rings. The van der Waals surface area contributed by atoms with Gasteiger partial charge in [-0.1, -0.05) is 12.1 Å². The molecule has 5 nitrogen and oxygen atoms in total. The number of carbonyl (C=O) groups is 1. The first-order valence-electron chi connectivity index (χ1n) is 7.20. The van der Waals surface area contributed by atoms with Crippen LogP contribution in [0.4, 0.5) is 4.39 Å². The molecule has 2 rings (SSSR count). The lowest BCUT2D eigenvalue weighted by Crippen LogP contribution is -2.33. The van der Waals surface area contributed by atoms with Gasteiger partial charge in [0.1, 0.15) is 5.82 Å². The molecule has 0 unspecified atom stereocenters. The maximum absolute atomic E-state index is 13.6. The van der Waals surface area contributed by atoms with Crippen LogP contribution in [0.1, 0.15) is 25.7 Å². The molecule has 0 saturated carbocycles. The lowest BCUT2D eigenvalue weighted by molar-refractivity contribution is -0.121. The molecule has 0 aliphatic carbocycles. The van der Waals surface area contributed by atoms with Crippen LogP contribution in [-0.2, 0) is 11.2 Å². The molecular weight excluding hydrogens is 287 g/mol. The van der Waals surface area contributed by atoms with Crippen molar-refractivity contribution in [3.05, 3.63) is 42.2 Å². The minimum atomic E-state index is -0.374. The average Bonchev–Trinajstić information content (AvgIpc) is 2.94. The van der Waals surface area contributed by atoms with Crippen LogP contribution in [0, 0.1) is 5.82 Å². The van der Waals surface area contributed by atoms with Gasteiger partial charge < -0.3 is 14.8 Å². The van der Waals surface area contributed by atoms with Crippen LogP contribution in [0.5, 0.6) is 0 Å². The number of aromatic nitrogens is 1. The number of halogens is 1. The summed E-state index contributed by atoms with van der Waals surface area (Å²) in [5.74, 6) is 0.234. The van der Waals surface area contributed by atoms with Crippen molar-refractivity contribution in [2.75, 3.05) is 6.61 Å². The van der Waals surface area contributed by atoms with Crippen LogP contribution < -0.4 is 5.32 Å². The Morgan fingerprint density at radius 3 is 2.95 bits per heavy atom. The Hall–Kier alpha value is -2.21. The molecule has 1 aromatic heterocycles. The van der Waals surface area contributed by atoms with Gasteiger partial charge in [0.2, 0.25) is 5.91 Å². The number of hydrogen-bond donors (Lipinski definition) is 2. The van der Waals surface area contributed by atoms with Crippen LogP contribution in [0.25, 0.3) is 11.3 Å². The molecule has 22 heavy (non-hydrogen) atoms. The molecule has 2 N–H and O–H groups in total. The molecule has 0 aliphatic rings. The number of carbonyl (C=O) groups excluding carboxylic acids is 1. The minimum Gasteiger partial charge on any atom is -0.441 e. The normalized spacial score (nSPS) is 12.1. The molecule has 0 bridgehead atoms. The van der Waals surface area contributed by atoms with E-state index >= 15 is 0 Å². The zero-order valence-electron chi connectivity index (χ0n) is 12.4. The predicted molar refractivity (Wildman–Crippen MR) is 79.5 cm³/mol. The molecule has 1 atom stereocenters. The molecule has 1 heterocycles. The van der Waals surface area contributed by atoms with Gasteiger partial charge in [-0.3, -0.25) is 4.79 Å². The van der Waals surface area contributed by atoms with Crippen molar-refractivity contribution in [2.24, 2.45) is 0 Å². The second-order valence-corrected chi connectivity index (χ2v) is 5.08. The third-order valence-corrected chi connectivity index (χ3v) is 3.23. The smallest absolute Gasteiger partial charge is 0.220 e. The van der Waals surface area contributed by atoms with Gasteiger partial charge in [0.25, 0.3) is 0 Å². The first-order valence-corrected chi connectivity index (χ1v) is 7.20. The third-order valence-electron chi connectivity index (χ3n) is 3.23. The minimum absolute atomic E-state index is 0.0349. The van der Waals surface area contributed by atoms with Gasteiger partial charge in [-0.25, -0.2) is 9.37 Å². The van der Waals surface area contributed by atoms with Crippen LogP contribution >= 0.6 is 0 Å². The molecule has 0 spiro atoms. The summed E-state index contributed by atoms with van der Waals surface area (Å²) in [5.41, 5.74) is 0.349. The van der Waals surface area contributed by atoms with Gasteiger partial charge in [0.15, 0.2) is 11.7 Å². The number of benzene rings is 1. The SMILES string of the molecule is C[C@H](CCO)NC(=O)CCc1ncc(-c2ccccc2F)o1. The number of aliphatic hydroxyl groups is 1. The van der Waals surface area contributed by atoms with E-state index in [1.807, 2.05) is 6.92 Å². The monoisotopic (exact) mass is 306 g/mol. The first kappa shape index (κ1) is 16.2. The van der Waals surface area contributed by atoms with E-state index in [1.54, 1.807) is 18.2 Å². The van der Waals surface area contributed by atoms with E-state index < -0.39 is 0 Å². The van der Waals surface area contributed by atoms with Crippen molar-refractivity contribution in [3.8, 4) is 11.3 Å². The summed E-state index contributed by atoms with van der Waals surface area (Å²) >= 11 is 0. The molecule has 1 amide bonds. The summed E-state index contributed by atoms with van der Waals surface area (Å²) in [7, 11) is 0. The maximum Gasteiger partial charge on any atom is 0.220 e. The lowest BCUT2D eigenvalue weighted by atomic mass is 10.2. The maximum atomic E-state index is 13.6. The van der Waals surface area contributed by atoms with Crippen molar-refractivity contribution in [3.63, 3.8) is 0 Å². The number of nitrogens with one attached hydrogen (secondary N) is 1. The molecule has 0 aliphatic heterocycles. The number of oxazole rings is 1. The highest BCUT2D eigenvalue weighted by molar-refractivity contribution is 5.76. The Labute approximate surface area is 128 Å². The number of hydrogen-bond acceptors (Lipinski definition) is 4. The molecule has 0 saturated heterocycles. The van der Waals surface area contributed by atoms with Crippen molar-refractivity contribution in [2.45, 2.75) is 32.2 Å². The van der Waals surface area contributed by atoms with Crippen LogP contribution in [-0.4, -0.2) is 28.6 Å². The fourth-order valence-corrected chi connectivity index (χ4v) is 2.04. The van der Waals surface area contributed by atoms with E-state index in [9.17, 15) is 9.18 Å². The van der Waals surface area contributed by atoms with Crippen LogP contribution in [0.2, 0.25) is 0 Å². The fraction of sp³-hybridized carbons (Fsp3) is 0.375. The van der Waals surface area contributed by atoms with Gasteiger partial charge >= 0.3 is 0 Å². The van der Waals surface area contributed by atoms with Gasteiger partial charge in [0, 0.05) is 25.5 Å². The number of aryl methyl sites for hydroxylation is 1. The van der Waals surface area contributed by atoms with Gasteiger partial charge in [-0.05, 0) is 25.5 Å². The number of nitrogens with zero attached hydrogens (tertiary/aromatic N) is 1. The van der Waals surface area contributed by atoms with Crippen LogP contribution in [0.3, 0.4) is 0 Å². The van der Waals surface area contributed by atoms with Crippen molar-refractivity contribution < 1.29 is 18.7 Å². The second kappa shape index (κ2) is 7.70. The standard InChI is InChI=1S/C16H19FN2O3/c1-11(8-9-20)19-15(21)6-7-16-18-10-14(22-16)12-4-2-3-5-13(12)17/h2-5,10-11,20H,6-9H2,1H3,(H,19,21)/t11-/m1/s1. The lowest BCUT2D eigenvalue weighted by Gasteiger charge is -2.11. The van der Waals surface area contributed by atoms with E-state index in [-0.39, 0.29) is 30.8 Å². The number of rotatable bonds is 7. The molecular formula is C16H19FN2O3. The Kier molecular flexibility index (Phi) is 5.66. The zero-order valence-corrected chi connectivity index (χ0v) is 12.4. The molecule has 6 heteroatoms. The highest BCUT2D eigenvalue weighted by atomic mass is 19.1.